The van der Waals surface area contributed by atoms with Crippen LogP contribution < -0.4 is 4.74 Å². The molecule has 1 amide bonds. The van der Waals surface area contributed by atoms with E-state index in [0.717, 1.165) is 11.4 Å². The summed E-state index contributed by atoms with van der Waals surface area (Å²) in [5.41, 5.74) is 1.72. The lowest BCUT2D eigenvalue weighted by molar-refractivity contribution is -0.129. The monoisotopic (exact) mass is 223 g/mol. The maximum Gasteiger partial charge on any atom is 0.316 e. The number of carbonyl (C=O) groups is 1. The van der Waals surface area contributed by atoms with Crippen molar-refractivity contribution in [1.82, 2.24) is 14.9 Å². The Morgan fingerprint density at radius 2 is 1.88 bits per heavy atom. The van der Waals surface area contributed by atoms with E-state index < -0.39 is 0 Å². The summed E-state index contributed by atoms with van der Waals surface area (Å²) in [7, 11) is 3.44. The Morgan fingerprint density at radius 3 is 2.38 bits per heavy atom. The predicted molar refractivity (Wildman–Crippen MR) is 60.3 cm³/mol. The van der Waals surface area contributed by atoms with E-state index in [0.29, 0.717) is 19.0 Å². The van der Waals surface area contributed by atoms with Gasteiger partial charge in [0, 0.05) is 25.5 Å². The molecule has 16 heavy (non-hydrogen) atoms. The smallest absolute Gasteiger partial charge is 0.316 e. The highest BCUT2D eigenvalue weighted by atomic mass is 16.5. The molecule has 0 unspecified atom stereocenters. The molecule has 5 nitrogen and oxygen atoms in total. The van der Waals surface area contributed by atoms with Crippen LogP contribution in [0, 0.1) is 13.8 Å². The van der Waals surface area contributed by atoms with Crippen LogP contribution in [-0.2, 0) is 4.79 Å². The maximum absolute atomic E-state index is 11.3. The molecule has 0 N–H and O–H groups in total. The molecule has 0 aliphatic heterocycles. The molecule has 0 aliphatic carbocycles. The van der Waals surface area contributed by atoms with Gasteiger partial charge in [0.05, 0.1) is 6.42 Å². The van der Waals surface area contributed by atoms with E-state index in [-0.39, 0.29) is 5.91 Å². The molecule has 0 radical (unpaired) electrons. The molecular weight excluding hydrogens is 206 g/mol. The van der Waals surface area contributed by atoms with Crippen molar-refractivity contribution >= 4 is 5.91 Å². The molecule has 1 heterocycles. The number of amides is 1. The van der Waals surface area contributed by atoms with E-state index in [4.69, 9.17) is 4.74 Å². The first-order chi connectivity index (χ1) is 7.49. The lowest BCUT2D eigenvalue weighted by Crippen LogP contribution is -2.23. The van der Waals surface area contributed by atoms with E-state index in [1.807, 2.05) is 19.9 Å². The fourth-order valence-electron chi connectivity index (χ4n) is 1.21. The van der Waals surface area contributed by atoms with Crippen molar-refractivity contribution in [2.75, 3.05) is 20.7 Å². The summed E-state index contributed by atoms with van der Waals surface area (Å²) in [6, 6.07) is 2.21. The Labute approximate surface area is 95.5 Å². The second-order valence-corrected chi connectivity index (χ2v) is 3.82. The van der Waals surface area contributed by atoms with Crippen molar-refractivity contribution in [3.8, 4) is 6.01 Å². The van der Waals surface area contributed by atoms with E-state index in [1.165, 1.54) is 4.90 Å². The second-order valence-electron chi connectivity index (χ2n) is 3.82. The fourth-order valence-corrected chi connectivity index (χ4v) is 1.21. The normalized spacial score (nSPS) is 10.0. The number of aryl methyl sites for hydroxylation is 2. The fraction of sp³-hybridized carbons (Fsp3) is 0.545. The number of ether oxygens (including phenoxy) is 1. The average Bonchev–Trinajstić information content (AvgIpc) is 2.15. The van der Waals surface area contributed by atoms with Crippen molar-refractivity contribution in [2.24, 2.45) is 0 Å². The third-order valence-electron chi connectivity index (χ3n) is 2.01. The first kappa shape index (κ1) is 12.4. The minimum Gasteiger partial charge on any atom is -0.463 e. The predicted octanol–water partition coefficient (Wildman–Crippen LogP) is 0.951. The molecule has 1 aromatic heterocycles. The summed E-state index contributed by atoms with van der Waals surface area (Å²) >= 11 is 0. The van der Waals surface area contributed by atoms with Gasteiger partial charge in [-0.1, -0.05) is 0 Å². The average molecular weight is 223 g/mol. The summed E-state index contributed by atoms with van der Waals surface area (Å²) in [5.74, 6) is 0.0318. The third-order valence-corrected chi connectivity index (χ3v) is 2.01. The van der Waals surface area contributed by atoms with Gasteiger partial charge in [-0.2, -0.15) is 0 Å². The van der Waals surface area contributed by atoms with Gasteiger partial charge in [-0.05, 0) is 19.9 Å². The number of aromatic nitrogens is 2. The molecule has 0 aliphatic rings. The largest absolute Gasteiger partial charge is 0.463 e. The van der Waals surface area contributed by atoms with Crippen LogP contribution in [0.1, 0.15) is 17.8 Å². The standard InChI is InChI=1S/C11H17N3O2/c1-8-7-9(2)13-11(12-8)16-6-5-10(15)14(3)4/h7H,5-6H2,1-4H3. The maximum atomic E-state index is 11.3. The number of rotatable bonds is 4. The molecule has 0 atom stereocenters. The van der Waals surface area contributed by atoms with Gasteiger partial charge in [0.2, 0.25) is 5.91 Å². The van der Waals surface area contributed by atoms with Crippen molar-refractivity contribution in [1.29, 1.82) is 0 Å². The number of hydrogen-bond donors (Lipinski definition) is 0. The summed E-state index contributed by atoms with van der Waals surface area (Å²) in [6.07, 6.45) is 0.337. The summed E-state index contributed by atoms with van der Waals surface area (Å²) in [6.45, 7) is 4.07. The van der Waals surface area contributed by atoms with E-state index in [1.54, 1.807) is 14.1 Å². The molecular formula is C11H17N3O2. The van der Waals surface area contributed by atoms with Crippen molar-refractivity contribution in [2.45, 2.75) is 20.3 Å². The Balaban J connectivity index is 2.46. The van der Waals surface area contributed by atoms with Crippen LogP contribution in [0.5, 0.6) is 6.01 Å². The van der Waals surface area contributed by atoms with E-state index in [9.17, 15) is 4.79 Å². The molecule has 0 saturated heterocycles. The van der Waals surface area contributed by atoms with Gasteiger partial charge in [0.1, 0.15) is 6.61 Å². The molecule has 0 fully saturated rings. The zero-order valence-electron chi connectivity index (χ0n) is 10.1. The van der Waals surface area contributed by atoms with Crippen LogP contribution in [0.25, 0.3) is 0 Å². The Morgan fingerprint density at radius 1 is 1.31 bits per heavy atom. The van der Waals surface area contributed by atoms with Crippen LogP contribution in [0.3, 0.4) is 0 Å². The van der Waals surface area contributed by atoms with Crippen LogP contribution in [-0.4, -0.2) is 41.5 Å². The van der Waals surface area contributed by atoms with E-state index >= 15 is 0 Å². The summed E-state index contributed by atoms with van der Waals surface area (Å²) in [4.78, 5) is 21.0. The Kier molecular flexibility index (Phi) is 4.22. The summed E-state index contributed by atoms with van der Waals surface area (Å²) < 4.78 is 5.32. The first-order valence-electron chi connectivity index (χ1n) is 5.14. The van der Waals surface area contributed by atoms with Crippen LogP contribution in [0.4, 0.5) is 0 Å². The zero-order chi connectivity index (χ0) is 12.1. The number of carbonyl (C=O) groups excluding carboxylic acids is 1. The summed E-state index contributed by atoms with van der Waals surface area (Å²) in [5, 5.41) is 0. The Hall–Kier alpha value is -1.65. The van der Waals surface area contributed by atoms with Crippen molar-refractivity contribution in [3.05, 3.63) is 17.5 Å². The topological polar surface area (TPSA) is 55.3 Å². The van der Waals surface area contributed by atoms with Crippen LogP contribution in [0.2, 0.25) is 0 Å². The Bertz CT molecular complexity index is 357. The highest BCUT2D eigenvalue weighted by Crippen LogP contribution is 2.06. The molecule has 5 heteroatoms. The van der Waals surface area contributed by atoms with Gasteiger partial charge >= 0.3 is 6.01 Å². The van der Waals surface area contributed by atoms with Gasteiger partial charge in [-0.3, -0.25) is 4.79 Å². The van der Waals surface area contributed by atoms with Crippen LogP contribution >= 0.6 is 0 Å². The van der Waals surface area contributed by atoms with Gasteiger partial charge in [0.15, 0.2) is 0 Å². The quantitative estimate of drug-likeness (QED) is 0.762. The SMILES string of the molecule is Cc1cc(C)nc(OCCC(=O)N(C)C)n1. The number of nitrogens with zero attached hydrogens (tertiary/aromatic N) is 3. The lowest BCUT2D eigenvalue weighted by Gasteiger charge is -2.10. The molecule has 88 valence electrons. The van der Waals surface area contributed by atoms with Crippen molar-refractivity contribution in [3.63, 3.8) is 0 Å². The highest BCUT2D eigenvalue weighted by Gasteiger charge is 2.05. The minimum absolute atomic E-state index is 0.0318. The zero-order valence-corrected chi connectivity index (χ0v) is 10.1. The van der Waals surface area contributed by atoms with Gasteiger partial charge in [-0.25, -0.2) is 9.97 Å². The van der Waals surface area contributed by atoms with Gasteiger partial charge < -0.3 is 9.64 Å². The van der Waals surface area contributed by atoms with E-state index in [2.05, 4.69) is 9.97 Å². The van der Waals surface area contributed by atoms with Crippen LogP contribution in [0.15, 0.2) is 6.07 Å². The molecule has 0 saturated carbocycles. The second kappa shape index (κ2) is 5.44. The molecule has 1 rings (SSSR count). The molecule has 0 bridgehead atoms. The van der Waals surface area contributed by atoms with Gasteiger partial charge in [-0.15, -0.1) is 0 Å². The minimum atomic E-state index is 0.0318. The number of hydrogen-bond acceptors (Lipinski definition) is 4. The molecule has 0 aromatic carbocycles. The first-order valence-corrected chi connectivity index (χ1v) is 5.14. The highest BCUT2D eigenvalue weighted by molar-refractivity contribution is 5.75. The molecule has 0 spiro atoms. The third kappa shape index (κ3) is 3.84. The van der Waals surface area contributed by atoms with Gasteiger partial charge in [0.25, 0.3) is 0 Å². The lowest BCUT2D eigenvalue weighted by atomic mass is 10.4. The molecule has 1 aromatic rings. The van der Waals surface area contributed by atoms with Crippen molar-refractivity contribution < 1.29 is 9.53 Å².